The van der Waals surface area contributed by atoms with Crippen molar-refractivity contribution in [3.05, 3.63) is 11.6 Å². The van der Waals surface area contributed by atoms with Gasteiger partial charge >= 0.3 is 5.97 Å². The van der Waals surface area contributed by atoms with E-state index in [4.69, 9.17) is 4.74 Å². The second-order valence-electron chi connectivity index (χ2n) is 5.80. The normalized spacial score (nSPS) is 21.1. The summed E-state index contributed by atoms with van der Waals surface area (Å²) in [6.07, 6.45) is 6.08. The standard InChI is InChI=1S/C14H24O3/c1-5-11(12(15)17-13(2,3)4)14(16)9-7-6-8-10-14/h5,16H,6-10H2,1-4H3. The molecule has 0 bridgehead atoms. The van der Waals surface area contributed by atoms with Gasteiger partial charge in [0, 0.05) is 0 Å². The topological polar surface area (TPSA) is 46.5 Å². The summed E-state index contributed by atoms with van der Waals surface area (Å²) in [6.45, 7) is 7.29. The van der Waals surface area contributed by atoms with Crippen LogP contribution in [0.2, 0.25) is 0 Å². The molecule has 1 aliphatic rings. The molecule has 0 radical (unpaired) electrons. The second-order valence-corrected chi connectivity index (χ2v) is 5.80. The van der Waals surface area contributed by atoms with Crippen LogP contribution >= 0.6 is 0 Å². The molecule has 0 atom stereocenters. The Morgan fingerprint density at radius 2 is 1.76 bits per heavy atom. The summed E-state index contributed by atoms with van der Waals surface area (Å²) in [5.41, 5.74) is -1.07. The van der Waals surface area contributed by atoms with E-state index in [0.717, 1.165) is 19.3 Å². The molecule has 3 heteroatoms. The lowest BCUT2D eigenvalue weighted by atomic mass is 9.79. The third-order valence-electron chi connectivity index (χ3n) is 3.09. The first-order valence-electron chi connectivity index (χ1n) is 6.41. The number of aliphatic hydroxyl groups is 1. The number of carbonyl (C=O) groups excluding carboxylic acids is 1. The molecular weight excluding hydrogens is 216 g/mol. The van der Waals surface area contributed by atoms with E-state index >= 15 is 0 Å². The van der Waals surface area contributed by atoms with Gasteiger partial charge in [-0.2, -0.15) is 0 Å². The van der Waals surface area contributed by atoms with Crippen molar-refractivity contribution in [3.8, 4) is 0 Å². The van der Waals surface area contributed by atoms with E-state index in [1.807, 2.05) is 20.8 Å². The maximum Gasteiger partial charge on any atom is 0.337 e. The summed E-state index contributed by atoms with van der Waals surface area (Å²) in [7, 11) is 0. The van der Waals surface area contributed by atoms with Gasteiger partial charge in [0.25, 0.3) is 0 Å². The summed E-state index contributed by atoms with van der Waals surface area (Å²) in [5, 5.41) is 10.5. The highest BCUT2D eigenvalue weighted by atomic mass is 16.6. The second kappa shape index (κ2) is 5.21. The fourth-order valence-electron chi connectivity index (χ4n) is 2.32. The van der Waals surface area contributed by atoms with Crippen molar-refractivity contribution in [3.63, 3.8) is 0 Å². The zero-order valence-electron chi connectivity index (χ0n) is 11.4. The molecule has 0 unspecified atom stereocenters. The zero-order chi connectivity index (χ0) is 13.1. The molecule has 1 rings (SSSR count). The van der Waals surface area contributed by atoms with E-state index in [-0.39, 0.29) is 5.97 Å². The number of rotatable bonds is 2. The molecule has 0 amide bonds. The number of hydrogen-bond donors (Lipinski definition) is 1. The minimum absolute atomic E-state index is 0.385. The first-order chi connectivity index (χ1) is 7.78. The van der Waals surface area contributed by atoms with E-state index in [2.05, 4.69) is 0 Å². The summed E-state index contributed by atoms with van der Waals surface area (Å²) in [5.74, 6) is -0.385. The van der Waals surface area contributed by atoms with Gasteiger partial charge in [0.2, 0.25) is 0 Å². The highest BCUT2D eigenvalue weighted by Gasteiger charge is 2.38. The molecule has 0 heterocycles. The van der Waals surface area contributed by atoms with Gasteiger partial charge in [0.1, 0.15) is 5.60 Å². The number of carbonyl (C=O) groups is 1. The van der Waals surface area contributed by atoms with Crippen LogP contribution in [0.3, 0.4) is 0 Å². The predicted octanol–water partition coefficient (Wildman–Crippen LogP) is 2.97. The van der Waals surface area contributed by atoms with Gasteiger partial charge in [0.05, 0.1) is 11.2 Å². The molecule has 0 aromatic heterocycles. The molecule has 1 aliphatic carbocycles. The summed E-state index contributed by atoms with van der Waals surface area (Å²) < 4.78 is 5.34. The summed E-state index contributed by atoms with van der Waals surface area (Å²) in [4.78, 5) is 12.0. The third-order valence-corrected chi connectivity index (χ3v) is 3.09. The molecule has 0 spiro atoms. The van der Waals surface area contributed by atoms with Crippen molar-refractivity contribution in [1.29, 1.82) is 0 Å². The largest absolute Gasteiger partial charge is 0.457 e. The minimum atomic E-state index is -0.977. The number of allylic oxidation sites excluding steroid dienone is 1. The smallest absolute Gasteiger partial charge is 0.337 e. The molecule has 1 saturated carbocycles. The van der Waals surface area contributed by atoms with E-state index < -0.39 is 11.2 Å². The molecule has 0 aromatic rings. The van der Waals surface area contributed by atoms with E-state index in [9.17, 15) is 9.90 Å². The van der Waals surface area contributed by atoms with Crippen molar-refractivity contribution < 1.29 is 14.6 Å². The van der Waals surface area contributed by atoms with Gasteiger partial charge in [-0.3, -0.25) is 0 Å². The Kier molecular flexibility index (Phi) is 4.36. The lowest BCUT2D eigenvalue weighted by Gasteiger charge is -2.34. The van der Waals surface area contributed by atoms with Crippen LogP contribution in [0.4, 0.5) is 0 Å². The number of hydrogen-bond acceptors (Lipinski definition) is 3. The molecule has 0 saturated heterocycles. The Bertz CT molecular complexity index is 304. The monoisotopic (exact) mass is 240 g/mol. The molecule has 1 N–H and O–H groups in total. The van der Waals surface area contributed by atoms with Crippen molar-refractivity contribution in [2.24, 2.45) is 0 Å². The first kappa shape index (κ1) is 14.2. The number of ether oxygens (including phenoxy) is 1. The first-order valence-corrected chi connectivity index (χ1v) is 6.41. The van der Waals surface area contributed by atoms with Crippen LogP contribution in [-0.2, 0) is 9.53 Å². The predicted molar refractivity (Wildman–Crippen MR) is 67.6 cm³/mol. The highest BCUT2D eigenvalue weighted by Crippen LogP contribution is 2.35. The van der Waals surface area contributed by atoms with Crippen molar-refractivity contribution >= 4 is 5.97 Å². The van der Waals surface area contributed by atoms with Gasteiger partial charge in [-0.25, -0.2) is 4.79 Å². The Hall–Kier alpha value is -0.830. The van der Waals surface area contributed by atoms with E-state index in [1.54, 1.807) is 13.0 Å². The molecule has 3 nitrogen and oxygen atoms in total. The lowest BCUT2D eigenvalue weighted by Crippen LogP contribution is -2.39. The van der Waals surface area contributed by atoms with Gasteiger partial charge in [-0.15, -0.1) is 0 Å². The maximum absolute atomic E-state index is 12.0. The fourth-order valence-corrected chi connectivity index (χ4v) is 2.32. The average Bonchev–Trinajstić information content (AvgIpc) is 2.16. The van der Waals surface area contributed by atoms with Crippen LogP contribution in [0.25, 0.3) is 0 Å². The number of esters is 1. The Balaban J connectivity index is 2.81. The van der Waals surface area contributed by atoms with Crippen LogP contribution in [-0.4, -0.2) is 22.3 Å². The van der Waals surface area contributed by atoms with Gasteiger partial charge in [-0.1, -0.05) is 25.3 Å². The Labute approximate surface area is 104 Å². The van der Waals surface area contributed by atoms with Crippen LogP contribution in [0.15, 0.2) is 11.6 Å². The molecule has 1 fully saturated rings. The van der Waals surface area contributed by atoms with Crippen molar-refractivity contribution in [1.82, 2.24) is 0 Å². The third kappa shape index (κ3) is 3.84. The zero-order valence-corrected chi connectivity index (χ0v) is 11.4. The van der Waals surface area contributed by atoms with Crippen LogP contribution < -0.4 is 0 Å². The van der Waals surface area contributed by atoms with Gasteiger partial charge in [-0.05, 0) is 40.5 Å². The minimum Gasteiger partial charge on any atom is -0.457 e. The Morgan fingerprint density at radius 3 is 2.18 bits per heavy atom. The Morgan fingerprint density at radius 1 is 1.24 bits per heavy atom. The van der Waals surface area contributed by atoms with E-state index in [1.165, 1.54) is 0 Å². The average molecular weight is 240 g/mol. The quantitative estimate of drug-likeness (QED) is 0.596. The SMILES string of the molecule is CC=C(C(=O)OC(C)(C)C)C1(O)CCCCC1. The van der Waals surface area contributed by atoms with Gasteiger partial charge < -0.3 is 9.84 Å². The van der Waals surface area contributed by atoms with Gasteiger partial charge in [0.15, 0.2) is 0 Å². The molecule has 0 aliphatic heterocycles. The molecule has 17 heavy (non-hydrogen) atoms. The summed E-state index contributed by atoms with van der Waals surface area (Å²) >= 11 is 0. The van der Waals surface area contributed by atoms with Crippen LogP contribution in [0.5, 0.6) is 0 Å². The van der Waals surface area contributed by atoms with E-state index in [0.29, 0.717) is 18.4 Å². The highest BCUT2D eigenvalue weighted by molar-refractivity contribution is 5.90. The van der Waals surface area contributed by atoms with Crippen LogP contribution in [0, 0.1) is 0 Å². The lowest BCUT2D eigenvalue weighted by molar-refractivity contribution is -0.153. The van der Waals surface area contributed by atoms with Crippen molar-refractivity contribution in [2.45, 2.75) is 71.0 Å². The summed E-state index contributed by atoms with van der Waals surface area (Å²) in [6, 6.07) is 0. The van der Waals surface area contributed by atoms with Crippen LogP contribution in [0.1, 0.15) is 59.8 Å². The van der Waals surface area contributed by atoms with Crippen molar-refractivity contribution in [2.75, 3.05) is 0 Å². The molecule has 98 valence electrons. The fraction of sp³-hybridized carbons (Fsp3) is 0.786. The molecule has 0 aromatic carbocycles. The molecular formula is C14H24O3. The maximum atomic E-state index is 12.0.